The first-order valence-electron chi connectivity index (χ1n) is 13.0. The first kappa shape index (κ1) is 28.8. The van der Waals surface area contributed by atoms with Gasteiger partial charge in [0.05, 0.1) is 24.7 Å². The molecule has 0 aromatic carbocycles. The number of nitrogens with one attached hydrogen (secondary N) is 1. The molecular weight excluding hydrogens is 432 g/mol. The minimum Gasteiger partial charge on any atom is -0.394 e. The Bertz CT molecular complexity index is 711. The Labute approximate surface area is 206 Å². The summed E-state index contributed by atoms with van der Waals surface area (Å²) in [6, 6.07) is -0.899. The van der Waals surface area contributed by atoms with Crippen molar-refractivity contribution in [2.45, 2.75) is 97.1 Å². The van der Waals surface area contributed by atoms with E-state index in [9.17, 15) is 19.8 Å². The smallest absolute Gasteiger partial charge is 0.249 e. The van der Waals surface area contributed by atoms with Crippen LogP contribution >= 0.6 is 0 Å². The number of hydrogen-bond acceptors (Lipinski definition) is 6. The molecule has 0 spiro atoms. The van der Waals surface area contributed by atoms with Gasteiger partial charge in [-0.2, -0.15) is 0 Å². The molecule has 196 valence electrons. The molecule has 34 heavy (non-hydrogen) atoms. The van der Waals surface area contributed by atoms with Crippen LogP contribution in [0.1, 0.15) is 66.7 Å². The highest BCUT2D eigenvalue weighted by Gasteiger charge is 2.35. The summed E-state index contributed by atoms with van der Waals surface area (Å²) in [5.41, 5.74) is 0.618. The molecule has 0 bridgehead atoms. The van der Waals surface area contributed by atoms with Crippen LogP contribution in [0, 0.1) is 11.8 Å². The van der Waals surface area contributed by atoms with E-state index in [1.54, 1.807) is 4.90 Å². The number of carbonyl (C=O) groups is 2. The van der Waals surface area contributed by atoms with Crippen LogP contribution in [-0.4, -0.2) is 101 Å². The van der Waals surface area contributed by atoms with E-state index in [4.69, 9.17) is 0 Å². The van der Waals surface area contributed by atoms with Crippen LogP contribution in [0.25, 0.3) is 0 Å². The lowest BCUT2D eigenvalue weighted by Gasteiger charge is -2.40. The number of hydrogen-bond donors (Lipinski definition) is 3. The number of aliphatic hydroxyl groups excluding tert-OH is 2. The normalized spacial score (nSPS) is 25.2. The molecule has 3 N–H and O–H groups in total. The van der Waals surface area contributed by atoms with Crippen LogP contribution in [0.3, 0.4) is 0 Å². The Morgan fingerprint density at radius 1 is 1.09 bits per heavy atom. The van der Waals surface area contributed by atoms with Gasteiger partial charge in [0.2, 0.25) is 11.8 Å². The molecule has 0 aromatic rings. The van der Waals surface area contributed by atoms with Crippen LogP contribution in [0.5, 0.6) is 0 Å². The van der Waals surface area contributed by atoms with Crippen LogP contribution in [0.2, 0.25) is 0 Å². The van der Waals surface area contributed by atoms with Crippen LogP contribution in [0.15, 0.2) is 11.6 Å². The third-order valence-electron chi connectivity index (χ3n) is 7.60. The monoisotopic (exact) mass is 480 g/mol. The molecule has 2 rings (SSSR count). The summed E-state index contributed by atoms with van der Waals surface area (Å²) >= 11 is 0. The second-order valence-corrected chi connectivity index (χ2v) is 10.9. The topological polar surface area (TPSA) is 96.3 Å². The van der Waals surface area contributed by atoms with E-state index in [2.05, 4.69) is 24.1 Å². The van der Waals surface area contributed by atoms with Gasteiger partial charge in [-0.3, -0.25) is 19.4 Å². The van der Waals surface area contributed by atoms with Crippen LogP contribution in [-0.2, 0) is 9.59 Å². The Kier molecular flexibility index (Phi) is 11.0. The second kappa shape index (κ2) is 13.0. The Hall–Kier alpha value is -1.48. The zero-order valence-electron chi connectivity index (χ0n) is 22.3. The standard InChI is InChI=1S/C26H48N4O4/c1-17(2)22(15-19(5)25(33)30-14-10-11-20(30)16-31)29(7)26(34)23(18(3)4)27-24(32)21-12-8-9-13-28(21)6/h15,17-18,20-23,26,31,34H,8-14,16H2,1-7H3,(H,27,32)/b19-15+/t20-,21?,22+,23?,26?/m0/s1. The summed E-state index contributed by atoms with van der Waals surface area (Å²) < 4.78 is 0. The first-order valence-corrected chi connectivity index (χ1v) is 13.0. The quantitative estimate of drug-likeness (QED) is 0.326. The van der Waals surface area contributed by atoms with Crippen molar-refractivity contribution < 1.29 is 19.8 Å². The van der Waals surface area contributed by atoms with E-state index >= 15 is 0 Å². The van der Waals surface area contributed by atoms with Gasteiger partial charge < -0.3 is 20.4 Å². The van der Waals surface area contributed by atoms with Crippen molar-refractivity contribution in [3.63, 3.8) is 0 Å². The van der Waals surface area contributed by atoms with E-state index in [0.717, 1.165) is 38.6 Å². The van der Waals surface area contributed by atoms with E-state index in [0.29, 0.717) is 12.1 Å². The van der Waals surface area contributed by atoms with E-state index in [1.165, 1.54) is 0 Å². The van der Waals surface area contributed by atoms with Crippen molar-refractivity contribution in [3.05, 3.63) is 11.6 Å². The fraction of sp³-hybridized carbons (Fsp3) is 0.846. The predicted octanol–water partition coefficient (Wildman–Crippen LogP) is 1.82. The average molecular weight is 481 g/mol. The number of aliphatic hydroxyl groups is 2. The summed E-state index contributed by atoms with van der Waals surface area (Å²) in [5, 5.41) is 24.1. The molecule has 0 aliphatic carbocycles. The van der Waals surface area contributed by atoms with Gasteiger partial charge >= 0.3 is 0 Å². The maximum atomic E-state index is 13.1. The molecule has 2 aliphatic rings. The minimum absolute atomic E-state index is 0.0167. The molecule has 2 saturated heterocycles. The van der Waals surface area contributed by atoms with E-state index in [1.807, 2.05) is 45.8 Å². The van der Waals surface area contributed by atoms with Crippen molar-refractivity contribution >= 4 is 11.8 Å². The molecule has 8 nitrogen and oxygen atoms in total. The number of likely N-dealkylation sites (tertiary alicyclic amines) is 2. The maximum absolute atomic E-state index is 13.1. The Balaban J connectivity index is 2.16. The maximum Gasteiger partial charge on any atom is 0.249 e. The van der Waals surface area contributed by atoms with Gasteiger partial charge in [0.15, 0.2) is 0 Å². The number of amides is 2. The highest BCUT2D eigenvalue weighted by molar-refractivity contribution is 5.93. The zero-order chi connectivity index (χ0) is 25.6. The third kappa shape index (κ3) is 7.03. The lowest BCUT2D eigenvalue weighted by atomic mass is 9.95. The number of likely N-dealkylation sites (N-methyl/N-ethyl adjacent to an activating group) is 2. The van der Waals surface area contributed by atoms with Crippen LogP contribution in [0.4, 0.5) is 0 Å². The minimum atomic E-state index is -0.902. The summed E-state index contributed by atoms with van der Waals surface area (Å²) in [7, 11) is 3.83. The van der Waals surface area contributed by atoms with Gasteiger partial charge in [-0.25, -0.2) is 0 Å². The van der Waals surface area contributed by atoms with Gasteiger partial charge in [0.1, 0.15) is 6.23 Å². The lowest BCUT2D eigenvalue weighted by molar-refractivity contribution is -0.131. The molecule has 2 heterocycles. The van der Waals surface area contributed by atoms with Crippen molar-refractivity contribution in [3.8, 4) is 0 Å². The molecule has 0 aromatic heterocycles. The lowest BCUT2D eigenvalue weighted by Crippen LogP contribution is -2.59. The largest absolute Gasteiger partial charge is 0.394 e. The molecule has 2 amide bonds. The van der Waals surface area contributed by atoms with E-state index in [-0.39, 0.29) is 48.4 Å². The fourth-order valence-corrected chi connectivity index (χ4v) is 5.31. The summed E-state index contributed by atoms with van der Waals surface area (Å²) in [6.45, 7) is 11.5. The average Bonchev–Trinajstić information content (AvgIpc) is 3.28. The molecule has 3 unspecified atom stereocenters. The van der Waals surface area contributed by atoms with Gasteiger partial charge in [0.25, 0.3) is 0 Å². The third-order valence-corrected chi connectivity index (χ3v) is 7.60. The van der Waals surface area contributed by atoms with Crippen molar-refractivity contribution in [2.24, 2.45) is 11.8 Å². The Morgan fingerprint density at radius 3 is 2.32 bits per heavy atom. The molecule has 2 aliphatic heterocycles. The molecule has 2 fully saturated rings. The number of piperidine rings is 1. The van der Waals surface area contributed by atoms with Crippen LogP contribution < -0.4 is 5.32 Å². The van der Waals surface area contributed by atoms with Crippen molar-refractivity contribution in [2.75, 3.05) is 33.8 Å². The van der Waals surface area contributed by atoms with Crippen molar-refractivity contribution in [1.82, 2.24) is 20.0 Å². The number of carbonyl (C=O) groups excluding carboxylic acids is 2. The zero-order valence-corrected chi connectivity index (χ0v) is 22.3. The summed E-state index contributed by atoms with van der Waals surface area (Å²) in [5.74, 6) is 0.0897. The summed E-state index contributed by atoms with van der Waals surface area (Å²) in [4.78, 5) is 31.8. The van der Waals surface area contributed by atoms with Crippen molar-refractivity contribution in [1.29, 1.82) is 0 Å². The fourth-order valence-electron chi connectivity index (χ4n) is 5.31. The molecular formula is C26H48N4O4. The first-order chi connectivity index (χ1) is 16.0. The highest BCUT2D eigenvalue weighted by Crippen LogP contribution is 2.23. The number of nitrogens with zero attached hydrogens (tertiary/aromatic N) is 3. The SMILES string of the molecule is C/C(=C\[C@H](C(C)C)N(C)C(O)C(NC(=O)C1CCCCN1C)C(C)C)C(=O)N1CCC[C@H]1CO. The number of rotatable bonds is 10. The highest BCUT2D eigenvalue weighted by atomic mass is 16.3. The molecule has 0 radical (unpaired) electrons. The predicted molar refractivity (Wildman–Crippen MR) is 135 cm³/mol. The van der Waals surface area contributed by atoms with Gasteiger partial charge in [0, 0.05) is 18.2 Å². The second-order valence-electron chi connectivity index (χ2n) is 10.9. The van der Waals surface area contributed by atoms with Gasteiger partial charge in [-0.1, -0.05) is 40.2 Å². The van der Waals surface area contributed by atoms with Gasteiger partial charge in [-0.15, -0.1) is 0 Å². The molecule has 5 atom stereocenters. The van der Waals surface area contributed by atoms with Gasteiger partial charge in [-0.05, 0) is 65.1 Å². The van der Waals surface area contributed by atoms with E-state index < -0.39 is 12.3 Å². The summed E-state index contributed by atoms with van der Waals surface area (Å²) in [6.07, 6.45) is 5.74. The molecule has 8 heteroatoms. The molecule has 0 saturated carbocycles. The Morgan fingerprint density at radius 2 is 1.76 bits per heavy atom.